The molecule has 0 amide bonds. The third-order valence-electron chi connectivity index (χ3n) is 2.94. The Bertz CT molecular complexity index is 684. The average molecular weight is 400 g/mol. The first-order valence-corrected chi connectivity index (χ1v) is 7.33. The van der Waals surface area contributed by atoms with Crippen molar-refractivity contribution in [3.63, 3.8) is 0 Å². The summed E-state index contributed by atoms with van der Waals surface area (Å²) >= 11 is 0. The number of hydrogen-bond acceptors (Lipinski definition) is 8. The van der Waals surface area contributed by atoms with Crippen molar-refractivity contribution in [3.05, 3.63) is 59.2 Å². The number of hydrogen-bond donors (Lipinski definition) is 2. The van der Waals surface area contributed by atoms with Crippen LogP contribution in [0.2, 0.25) is 0 Å². The number of nitrogens with zero attached hydrogens (tertiary/aromatic N) is 2. The maximum Gasteiger partial charge on any atom is 1.00 e. The number of carbonyl (C=O) groups excluding carboxylic acids is 3. The van der Waals surface area contributed by atoms with Crippen LogP contribution in [0.15, 0.2) is 36.9 Å². The van der Waals surface area contributed by atoms with E-state index < -0.39 is 5.97 Å². The smallest absolute Gasteiger partial charge is 0.870 e. The molecule has 0 aliphatic heterocycles. The summed E-state index contributed by atoms with van der Waals surface area (Å²) in [4.78, 5) is 50.4. The zero-order valence-electron chi connectivity index (χ0n) is 16.3. The number of pyridine rings is 2. The van der Waals surface area contributed by atoms with Gasteiger partial charge in [0.15, 0.2) is 17.3 Å². The number of Topliss-reactive ketones (excluding diaryl/α,β-unsaturated/α-hetero) is 3. The summed E-state index contributed by atoms with van der Waals surface area (Å²) in [7, 11) is 1.00. The second-order valence-corrected chi connectivity index (χ2v) is 4.90. The Morgan fingerprint density at radius 1 is 0.679 bits per heavy atom. The molecule has 0 radical (unpaired) electrons. The Morgan fingerprint density at radius 3 is 1.18 bits per heavy atom. The second kappa shape index (κ2) is 15.7. The molecule has 2 aromatic rings. The molecule has 0 aliphatic carbocycles. The first-order valence-electron chi connectivity index (χ1n) is 7.33. The molecular formula is C18H21N2NaO7. The van der Waals surface area contributed by atoms with Gasteiger partial charge in [0.25, 0.3) is 0 Å². The van der Waals surface area contributed by atoms with E-state index in [4.69, 9.17) is 10.2 Å². The maximum atomic E-state index is 10.9. The van der Waals surface area contributed by atoms with Crippen LogP contribution in [-0.2, 0) is 0 Å². The van der Waals surface area contributed by atoms with Gasteiger partial charge in [-0.25, -0.2) is 4.79 Å². The molecule has 2 aromatic heterocycles. The molecule has 0 spiro atoms. The Labute approximate surface area is 184 Å². The number of carboxylic acid groups (broad SMARTS) is 1. The molecule has 9 nitrogen and oxygen atoms in total. The number of carbonyl (C=O) groups is 4. The summed E-state index contributed by atoms with van der Waals surface area (Å²) in [6.07, 6.45) is 5.45. The molecule has 0 fully saturated rings. The number of aliphatic hydroxyl groups is 1. The molecule has 0 saturated heterocycles. The molecule has 2 rings (SSSR count). The fourth-order valence-electron chi connectivity index (χ4n) is 1.57. The van der Waals surface area contributed by atoms with Crippen LogP contribution in [0.1, 0.15) is 62.2 Å². The molecule has 0 saturated carbocycles. The molecule has 2 heterocycles. The fraction of sp³-hybridized carbons (Fsp3) is 0.222. The van der Waals surface area contributed by atoms with E-state index in [0.717, 1.165) is 7.11 Å². The molecule has 28 heavy (non-hydrogen) atoms. The number of carboxylic acids is 1. The average Bonchev–Trinajstić information content (AvgIpc) is 2.64. The van der Waals surface area contributed by atoms with Crippen molar-refractivity contribution in [3.8, 4) is 0 Å². The summed E-state index contributed by atoms with van der Waals surface area (Å²) in [5.41, 5.74) is 1.29. The van der Waals surface area contributed by atoms with Crippen LogP contribution in [-0.4, -0.2) is 56.1 Å². The monoisotopic (exact) mass is 400 g/mol. The van der Waals surface area contributed by atoms with Crippen LogP contribution in [0.3, 0.4) is 0 Å². The fourth-order valence-corrected chi connectivity index (χ4v) is 1.57. The topological polar surface area (TPSA) is 165 Å². The van der Waals surface area contributed by atoms with Crippen LogP contribution in [0.5, 0.6) is 0 Å². The molecule has 0 aliphatic rings. The molecule has 0 bridgehead atoms. The quantitative estimate of drug-likeness (QED) is 0.479. The van der Waals surface area contributed by atoms with E-state index >= 15 is 0 Å². The van der Waals surface area contributed by atoms with Crippen LogP contribution in [0.4, 0.5) is 0 Å². The number of rotatable bonds is 4. The molecule has 0 aromatic carbocycles. The Balaban J connectivity index is -0.000000385. The van der Waals surface area contributed by atoms with E-state index in [2.05, 4.69) is 9.97 Å². The molecule has 10 heteroatoms. The predicted molar refractivity (Wildman–Crippen MR) is 95.5 cm³/mol. The van der Waals surface area contributed by atoms with Crippen molar-refractivity contribution < 1.29 is 64.4 Å². The van der Waals surface area contributed by atoms with Crippen LogP contribution in [0, 0.1) is 0 Å². The van der Waals surface area contributed by atoms with Crippen LogP contribution >= 0.6 is 0 Å². The van der Waals surface area contributed by atoms with E-state index in [1.807, 2.05) is 0 Å². The summed E-state index contributed by atoms with van der Waals surface area (Å²) < 4.78 is 0. The van der Waals surface area contributed by atoms with Crippen molar-refractivity contribution in [2.45, 2.75) is 20.8 Å². The van der Waals surface area contributed by atoms with Crippen molar-refractivity contribution in [2.75, 3.05) is 7.11 Å². The first kappa shape index (κ1) is 30.4. The van der Waals surface area contributed by atoms with E-state index in [9.17, 15) is 19.2 Å². The first-order chi connectivity index (χ1) is 12.2. The van der Waals surface area contributed by atoms with Gasteiger partial charge < -0.3 is 15.7 Å². The van der Waals surface area contributed by atoms with Crippen molar-refractivity contribution in [1.82, 2.24) is 9.97 Å². The van der Waals surface area contributed by atoms with Gasteiger partial charge in [0.1, 0.15) is 0 Å². The summed E-state index contributed by atoms with van der Waals surface area (Å²) in [5.74, 6) is -1.42. The van der Waals surface area contributed by atoms with Crippen molar-refractivity contribution >= 4 is 23.3 Å². The van der Waals surface area contributed by atoms with Gasteiger partial charge in [0.2, 0.25) is 0 Å². The molecular weight excluding hydrogens is 379 g/mol. The van der Waals surface area contributed by atoms with Gasteiger partial charge in [0.05, 0.1) is 5.56 Å². The minimum Gasteiger partial charge on any atom is -0.870 e. The summed E-state index contributed by atoms with van der Waals surface area (Å²) in [6.45, 7) is 4.25. The van der Waals surface area contributed by atoms with Crippen LogP contribution in [0.25, 0.3) is 0 Å². The van der Waals surface area contributed by atoms with Gasteiger partial charge in [-0.2, -0.15) is 0 Å². The van der Waals surface area contributed by atoms with E-state index in [1.54, 1.807) is 6.07 Å². The minimum atomic E-state index is -1.08. The summed E-state index contributed by atoms with van der Waals surface area (Å²) in [6, 6.07) is 2.86. The predicted octanol–water partition coefficient (Wildman–Crippen LogP) is -1.10. The number of ketones is 3. The van der Waals surface area contributed by atoms with Gasteiger partial charge in [-0.3, -0.25) is 24.4 Å². The summed E-state index contributed by atoms with van der Waals surface area (Å²) in [5, 5.41) is 15.5. The van der Waals surface area contributed by atoms with Crippen molar-refractivity contribution in [2.24, 2.45) is 0 Å². The SMILES string of the molecule is CC(=O)c1cncc(C(=O)O)c1.CC(=O)c1cncc(C(C)=O)c1.CO.[Na+].[OH-]. The number of aromatic nitrogens is 2. The van der Waals surface area contributed by atoms with Gasteiger partial charge in [-0.05, 0) is 32.9 Å². The largest absolute Gasteiger partial charge is 1.00 e. The van der Waals surface area contributed by atoms with Crippen LogP contribution < -0.4 is 29.6 Å². The Kier molecular flexibility index (Phi) is 17.1. The van der Waals surface area contributed by atoms with Crippen molar-refractivity contribution in [1.29, 1.82) is 0 Å². The van der Waals surface area contributed by atoms with Gasteiger partial charge in [-0.1, -0.05) is 0 Å². The normalized spacial score (nSPS) is 8.32. The third kappa shape index (κ3) is 10.8. The van der Waals surface area contributed by atoms with Gasteiger partial charge >= 0.3 is 35.5 Å². The van der Waals surface area contributed by atoms with E-state index in [0.29, 0.717) is 16.7 Å². The van der Waals surface area contributed by atoms with Gasteiger partial charge in [0, 0.05) is 48.6 Å². The number of aromatic carboxylic acids is 1. The molecule has 0 unspecified atom stereocenters. The zero-order chi connectivity index (χ0) is 20.3. The van der Waals surface area contributed by atoms with E-state index in [1.165, 1.54) is 51.6 Å². The molecule has 146 valence electrons. The number of aliphatic hydroxyl groups excluding tert-OH is 1. The van der Waals surface area contributed by atoms with E-state index in [-0.39, 0.29) is 57.9 Å². The molecule has 3 N–H and O–H groups in total. The Morgan fingerprint density at radius 2 is 0.929 bits per heavy atom. The maximum absolute atomic E-state index is 10.9. The second-order valence-electron chi connectivity index (χ2n) is 4.90. The third-order valence-corrected chi connectivity index (χ3v) is 2.94. The Hall–Kier alpha value is -2.30. The standard InChI is InChI=1S/C9H9NO2.C8H7NO3.CH4O.Na.H2O/c1-6(11)8-3-9(7(2)12)5-10-4-8;1-5(10)6-2-7(8(11)12)4-9-3-6;1-2;;/h3-5H,1-2H3;2-4H,1H3,(H,11,12);2H,1H3;;1H2/q;;;+1;/p-1. The van der Waals surface area contributed by atoms with Gasteiger partial charge in [-0.15, -0.1) is 0 Å². The molecule has 0 atom stereocenters. The zero-order valence-corrected chi connectivity index (χ0v) is 18.3. The minimum absolute atomic E-state index is 0.